The molecule has 2 aromatic rings. The van der Waals surface area contributed by atoms with Crippen LogP contribution < -0.4 is 15.4 Å². The summed E-state index contributed by atoms with van der Waals surface area (Å²) in [4.78, 5) is 4.60. The van der Waals surface area contributed by atoms with E-state index in [4.69, 9.17) is 4.74 Å². The molecular weight excluding hydrogens is 461 g/mol. The second-order valence-corrected chi connectivity index (χ2v) is 6.70. The third-order valence-electron chi connectivity index (χ3n) is 3.72. The van der Waals surface area contributed by atoms with Crippen molar-refractivity contribution in [1.29, 1.82) is 0 Å². The summed E-state index contributed by atoms with van der Waals surface area (Å²) in [5.74, 6) is 1.54. The van der Waals surface area contributed by atoms with Crippen LogP contribution in [0.5, 0.6) is 5.75 Å². The van der Waals surface area contributed by atoms with Gasteiger partial charge in [0.15, 0.2) is 5.96 Å². The van der Waals surface area contributed by atoms with Gasteiger partial charge in [-0.3, -0.25) is 0 Å². The van der Waals surface area contributed by atoms with Crippen molar-refractivity contribution < 1.29 is 9.84 Å². The van der Waals surface area contributed by atoms with E-state index in [1.807, 2.05) is 54.9 Å². The van der Waals surface area contributed by atoms with Gasteiger partial charge < -0.3 is 20.5 Å². The van der Waals surface area contributed by atoms with Crippen molar-refractivity contribution >= 4 is 41.3 Å². The molecule has 0 amide bonds. The van der Waals surface area contributed by atoms with Crippen molar-refractivity contribution in [1.82, 2.24) is 10.6 Å². The Bertz CT molecular complexity index is 675. The maximum atomic E-state index is 10.6. The third kappa shape index (κ3) is 7.13. The lowest BCUT2D eigenvalue weighted by atomic mass is 9.99. The number of hydrogen-bond acceptors (Lipinski definition) is 4. The molecule has 0 aliphatic heterocycles. The molecule has 7 heteroatoms. The maximum absolute atomic E-state index is 10.6. The topological polar surface area (TPSA) is 65.9 Å². The molecule has 2 rings (SSSR count). The molecule has 0 bridgehead atoms. The average Bonchev–Trinajstić information content (AvgIpc) is 3.14. The Hall–Kier alpha value is -1.32. The Morgan fingerprint density at radius 1 is 1.27 bits per heavy atom. The van der Waals surface area contributed by atoms with Gasteiger partial charge in [0.05, 0.1) is 19.7 Å². The summed E-state index contributed by atoms with van der Waals surface area (Å²) < 4.78 is 5.52. The fourth-order valence-corrected chi connectivity index (χ4v) is 3.12. The lowest BCUT2D eigenvalue weighted by Gasteiger charge is -2.24. The number of benzene rings is 1. The van der Waals surface area contributed by atoms with Gasteiger partial charge in [-0.05, 0) is 60.9 Å². The van der Waals surface area contributed by atoms with Gasteiger partial charge in [-0.1, -0.05) is 12.1 Å². The van der Waals surface area contributed by atoms with Gasteiger partial charge in [-0.25, -0.2) is 4.99 Å². The van der Waals surface area contributed by atoms with Crippen LogP contribution in [0, 0.1) is 0 Å². The van der Waals surface area contributed by atoms with Gasteiger partial charge in [0, 0.05) is 6.54 Å². The van der Waals surface area contributed by atoms with E-state index in [0.717, 1.165) is 23.4 Å². The second-order valence-electron chi connectivity index (χ2n) is 5.92. The number of aliphatic hydroxyl groups is 1. The Morgan fingerprint density at radius 2 is 2.08 bits per heavy atom. The molecule has 5 nitrogen and oxygen atoms in total. The first-order valence-corrected chi connectivity index (χ1v) is 9.48. The number of aliphatic imine (C=N–C) groups is 1. The molecule has 1 unspecified atom stereocenters. The highest BCUT2D eigenvalue weighted by Gasteiger charge is 2.23. The summed E-state index contributed by atoms with van der Waals surface area (Å²) in [6.45, 7) is 8.11. The third-order valence-corrected chi connectivity index (χ3v) is 4.40. The van der Waals surface area contributed by atoms with Crippen molar-refractivity contribution in [3.05, 3.63) is 52.2 Å². The molecule has 1 heterocycles. The van der Waals surface area contributed by atoms with Gasteiger partial charge in [0.2, 0.25) is 0 Å². The Labute approximate surface area is 176 Å². The summed E-state index contributed by atoms with van der Waals surface area (Å²) in [7, 11) is 0. The van der Waals surface area contributed by atoms with E-state index in [9.17, 15) is 5.11 Å². The van der Waals surface area contributed by atoms with E-state index < -0.39 is 5.60 Å². The van der Waals surface area contributed by atoms with Gasteiger partial charge >= 0.3 is 0 Å². The minimum absolute atomic E-state index is 0. The smallest absolute Gasteiger partial charge is 0.191 e. The molecule has 3 N–H and O–H groups in total. The molecule has 0 spiro atoms. The van der Waals surface area contributed by atoms with Crippen LogP contribution >= 0.6 is 35.3 Å². The zero-order valence-corrected chi connectivity index (χ0v) is 18.6. The summed E-state index contributed by atoms with van der Waals surface area (Å²) >= 11 is 1.58. The molecule has 0 radical (unpaired) electrons. The lowest BCUT2D eigenvalue weighted by Crippen LogP contribution is -2.44. The maximum Gasteiger partial charge on any atom is 0.191 e. The summed E-state index contributed by atoms with van der Waals surface area (Å²) in [6.07, 6.45) is 0. The van der Waals surface area contributed by atoms with Crippen LogP contribution in [0.15, 0.2) is 46.1 Å². The summed E-state index contributed by atoms with van der Waals surface area (Å²) in [5, 5.41) is 21.0. The second kappa shape index (κ2) is 11.4. The molecular formula is C19H28IN3O2S. The number of nitrogens with zero attached hydrogens (tertiary/aromatic N) is 1. The van der Waals surface area contributed by atoms with Gasteiger partial charge in [0.25, 0.3) is 0 Å². The first-order valence-electron chi connectivity index (χ1n) is 8.54. The molecule has 144 valence electrons. The molecule has 0 aliphatic rings. The van der Waals surface area contributed by atoms with Gasteiger partial charge in [-0.15, -0.1) is 24.0 Å². The van der Waals surface area contributed by atoms with Gasteiger partial charge in [0.1, 0.15) is 11.4 Å². The number of nitrogens with one attached hydrogen (secondary N) is 2. The van der Waals surface area contributed by atoms with Crippen LogP contribution in [0.3, 0.4) is 0 Å². The predicted molar refractivity (Wildman–Crippen MR) is 120 cm³/mol. The molecule has 0 saturated carbocycles. The van der Waals surface area contributed by atoms with Crippen molar-refractivity contribution in [3.8, 4) is 5.75 Å². The standard InChI is InChI=1S/C19H27N3O2S.HI/c1-4-20-18(22-14-19(3,23)16-9-10-25-13-16)21-12-15-7-6-8-17(11-15)24-5-2;/h6-11,13,23H,4-5,12,14H2,1-3H3,(H2,20,21,22);1H. The van der Waals surface area contributed by atoms with Crippen molar-refractivity contribution in [2.45, 2.75) is 32.9 Å². The van der Waals surface area contributed by atoms with E-state index in [1.165, 1.54) is 0 Å². The Morgan fingerprint density at radius 3 is 2.73 bits per heavy atom. The van der Waals surface area contributed by atoms with E-state index in [0.29, 0.717) is 25.7 Å². The lowest BCUT2D eigenvalue weighted by molar-refractivity contribution is 0.0621. The van der Waals surface area contributed by atoms with Crippen LogP contribution in [0.4, 0.5) is 0 Å². The highest BCUT2D eigenvalue weighted by atomic mass is 127. The average molecular weight is 489 g/mol. The monoisotopic (exact) mass is 489 g/mol. The van der Waals surface area contributed by atoms with Crippen LogP contribution in [0.2, 0.25) is 0 Å². The number of ether oxygens (including phenoxy) is 1. The van der Waals surface area contributed by atoms with Gasteiger partial charge in [-0.2, -0.15) is 11.3 Å². The molecule has 1 aromatic heterocycles. The van der Waals surface area contributed by atoms with Crippen molar-refractivity contribution in [3.63, 3.8) is 0 Å². The highest BCUT2D eigenvalue weighted by molar-refractivity contribution is 14.0. The minimum Gasteiger partial charge on any atom is -0.494 e. The molecule has 0 aliphatic carbocycles. The SMILES string of the molecule is CCNC(=NCc1cccc(OCC)c1)NCC(C)(O)c1ccsc1.I. The summed E-state index contributed by atoms with van der Waals surface area (Å²) in [5.41, 5.74) is 1.04. The van der Waals surface area contributed by atoms with Crippen LogP contribution in [0.1, 0.15) is 31.9 Å². The first-order chi connectivity index (χ1) is 12.0. The van der Waals surface area contributed by atoms with E-state index in [1.54, 1.807) is 18.3 Å². The minimum atomic E-state index is -0.939. The van der Waals surface area contributed by atoms with Crippen molar-refractivity contribution in [2.75, 3.05) is 19.7 Å². The molecule has 26 heavy (non-hydrogen) atoms. The fourth-order valence-electron chi connectivity index (χ4n) is 2.34. The summed E-state index contributed by atoms with van der Waals surface area (Å²) in [6, 6.07) is 9.88. The number of guanidine groups is 1. The molecule has 0 fully saturated rings. The normalized spacial score (nSPS) is 13.5. The zero-order valence-electron chi connectivity index (χ0n) is 15.5. The predicted octanol–water partition coefficient (Wildman–Crippen LogP) is 3.73. The Balaban J connectivity index is 0.00000338. The molecule has 1 atom stereocenters. The largest absolute Gasteiger partial charge is 0.494 e. The number of hydrogen-bond donors (Lipinski definition) is 3. The first kappa shape index (κ1) is 22.7. The highest BCUT2D eigenvalue weighted by Crippen LogP contribution is 2.22. The van der Waals surface area contributed by atoms with E-state index in [-0.39, 0.29) is 24.0 Å². The van der Waals surface area contributed by atoms with Crippen LogP contribution in [-0.2, 0) is 12.1 Å². The molecule has 1 aromatic carbocycles. The van der Waals surface area contributed by atoms with Crippen molar-refractivity contribution in [2.24, 2.45) is 4.99 Å². The molecule has 0 saturated heterocycles. The van der Waals surface area contributed by atoms with Crippen LogP contribution in [-0.4, -0.2) is 30.8 Å². The van der Waals surface area contributed by atoms with Crippen LogP contribution in [0.25, 0.3) is 0 Å². The van der Waals surface area contributed by atoms with E-state index in [2.05, 4.69) is 15.6 Å². The number of rotatable bonds is 8. The number of thiophene rings is 1. The Kier molecular flexibility index (Phi) is 9.97. The number of halogens is 1. The fraction of sp³-hybridized carbons (Fsp3) is 0.421. The van der Waals surface area contributed by atoms with E-state index >= 15 is 0 Å². The quantitative estimate of drug-likeness (QED) is 0.301. The zero-order chi connectivity index (χ0) is 18.1.